The molecule has 174 valence electrons. The first kappa shape index (κ1) is 22.1. The molecular weight excluding hydrogens is 422 g/mol. The Hall–Kier alpha value is -2.67. The van der Waals surface area contributed by atoms with Gasteiger partial charge in [0, 0.05) is 18.3 Å². The third kappa shape index (κ3) is 4.56. The monoisotopic (exact) mass is 452 g/mol. The number of hydrogen-bond donors (Lipinski definition) is 0. The Labute approximate surface area is 193 Å². The summed E-state index contributed by atoms with van der Waals surface area (Å²) in [5.74, 6) is 0.515. The molecule has 3 aliphatic rings. The number of amidine groups is 1. The maximum Gasteiger partial charge on any atom is 0.256 e. The van der Waals surface area contributed by atoms with Crippen LogP contribution in [0.3, 0.4) is 0 Å². The zero-order valence-corrected chi connectivity index (χ0v) is 18.9. The first-order valence-corrected chi connectivity index (χ1v) is 12.1. The molecule has 2 aromatic rings. The van der Waals surface area contributed by atoms with Gasteiger partial charge in [0.15, 0.2) is 0 Å². The molecule has 2 fully saturated rings. The van der Waals surface area contributed by atoms with Crippen LogP contribution >= 0.6 is 0 Å². The number of aliphatic imine (C=N–C) groups is 1. The van der Waals surface area contributed by atoms with Crippen LogP contribution in [0.5, 0.6) is 0 Å². The van der Waals surface area contributed by atoms with Crippen LogP contribution in [0, 0.1) is 11.8 Å². The topological polar surface area (TPSA) is 48.8 Å². The molecule has 0 atom stereocenters. The molecule has 1 saturated heterocycles. The number of halogens is 2. The van der Waals surface area contributed by atoms with Gasteiger partial charge in [-0.15, -0.1) is 0 Å². The molecule has 0 N–H and O–H groups in total. The quantitative estimate of drug-likeness (QED) is 0.605. The number of piperidine rings is 1. The average molecular weight is 453 g/mol. The number of nitrogens with zero attached hydrogens (tertiary/aromatic N) is 4. The maximum absolute atomic E-state index is 13.5. The molecule has 3 heterocycles. The highest BCUT2D eigenvalue weighted by Crippen LogP contribution is 2.40. The lowest BCUT2D eigenvalue weighted by atomic mass is 9.90. The van der Waals surface area contributed by atoms with Gasteiger partial charge in [0.2, 0.25) is 5.95 Å². The van der Waals surface area contributed by atoms with E-state index in [2.05, 4.69) is 9.88 Å². The van der Waals surface area contributed by atoms with Crippen molar-refractivity contribution in [2.75, 3.05) is 26.2 Å². The van der Waals surface area contributed by atoms with Gasteiger partial charge in [0.1, 0.15) is 17.2 Å². The van der Waals surface area contributed by atoms with Crippen LogP contribution in [-0.4, -0.2) is 58.2 Å². The number of amides is 1. The lowest BCUT2D eigenvalue weighted by Gasteiger charge is -2.32. The minimum Gasteiger partial charge on any atom is -0.303 e. The number of likely N-dealkylation sites (tertiary alicyclic amines) is 1. The molecule has 1 aromatic heterocycles. The van der Waals surface area contributed by atoms with E-state index in [0.29, 0.717) is 18.3 Å². The molecule has 7 heteroatoms. The van der Waals surface area contributed by atoms with Crippen molar-refractivity contribution in [3.05, 3.63) is 65.5 Å². The highest BCUT2D eigenvalue weighted by atomic mass is 19.1. The Bertz CT molecular complexity index is 1010. The summed E-state index contributed by atoms with van der Waals surface area (Å²) in [5, 5.41) is 0. The first-order chi connectivity index (χ1) is 16.0. The van der Waals surface area contributed by atoms with Crippen molar-refractivity contribution in [1.82, 2.24) is 14.8 Å². The van der Waals surface area contributed by atoms with E-state index in [9.17, 15) is 13.6 Å². The van der Waals surface area contributed by atoms with Crippen molar-refractivity contribution in [3.8, 4) is 0 Å². The second-order valence-corrected chi connectivity index (χ2v) is 9.52. The van der Waals surface area contributed by atoms with Gasteiger partial charge in [0.25, 0.3) is 5.91 Å². The second-order valence-electron chi connectivity index (χ2n) is 9.52. The normalized spacial score (nSPS) is 21.2. The van der Waals surface area contributed by atoms with Gasteiger partial charge >= 0.3 is 0 Å². The Morgan fingerprint density at radius 3 is 2.36 bits per heavy atom. The van der Waals surface area contributed by atoms with Gasteiger partial charge in [-0.05, 0) is 93.6 Å². The molecular formula is C26H30F2N4O. The van der Waals surface area contributed by atoms with Crippen molar-refractivity contribution >= 4 is 11.7 Å². The Balaban J connectivity index is 1.19. The van der Waals surface area contributed by atoms with Crippen LogP contribution in [-0.2, 0) is 4.79 Å². The molecule has 33 heavy (non-hydrogen) atoms. The fraction of sp³-hybridized carbons (Fsp3) is 0.500. The van der Waals surface area contributed by atoms with Crippen molar-refractivity contribution in [2.24, 2.45) is 4.99 Å². The largest absolute Gasteiger partial charge is 0.303 e. The first-order valence-electron chi connectivity index (χ1n) is 12.1. The van der Waals surface area contributed by atoms with Crippen molar-refractivity contribution in [3.63, 3.8) is 0 Å². The third-order valence-electron chi connectivity index (χ3n) is 7.42. The molecule has 1 aromatic carbocycles. The summed E-state index contributed by atoms with van der Waals surface area (Å²) in [6, 6.07) is 9.58. The molecule has 5 rings (SSSR count). The van der Waals surface area contributed by atoms with Crippen LogP contribution in [0.4, 0.5) is 8.78 Å². The number of rotatable bonds is 6. The number of aromatic nitrogens is 1. The van der Waals surface area contributed by atoms with E-state index >= 15 is 0 Å². The van der Waals surface area contributed by atoms with E-state index in [1.165, 1.54) is 18.2 Å². The van der Waals surface area contributed by atoms with Gasteiger partial charge in [-0.2, -0.15) is 4.39 Å². The fourth-order valence-electron chi connectivity index (χ4n) is 5.54. The summed E-state index contributed by atoms with van der Waals surface area (Å²) in [6.45, 7) is 3.51. The molecule has 1 aliphatic carbocycles. The van der Waals surface area contributed by atoms with Gasteiger partial charge < -0.3 is 4.90 Å². The van der Waals surface area contributed by atoms with Crippen LogP contribution in [0.2, 0.25) is 0 Å². The number of benzene rings is 1. The molecule has 1 saturated carbocycles. The summed E-state index contributed by atoms with van der Waals surface area (Å²) in [6.07, 6.45) is 8.24. The number of hydrogen-bond acceptors (Lipinski definition) is 4. The minimum atomic E-state index is -0.606. The lowest BCUT2D eigenvalue weighted by Crippen LogP contribution is -2.43. The van der Waals surface area contributed by atoms with Crippen molar-refractivity contribution < 1.29 is 13.6 Å². The predicted molar refractivity (Wildman–Crippen MR) is 123 cm³/mol. The van der Waals surface area contributed by atoms with E-state index in [4.69, 9.17) is 4.99 Å². The van der Waals surface area contributed by atoms with E-state index in [1.54, 1.807) is 18.3 Å². The summed E-state index contributed by atoms with van der Waals surface area (Å²) < 4.78 is 26.5. The molecule has 0 radical (unpaired) electrons. The molecule has 2 aliphatic heterocycles. The van der Waals surface area contributed by atoms with Gasteiger partial charge in [-0.25, -0.2) is 9.37 Å². The van der Waals surface area contributed by atoms with E-state index in [1.807, 2.05) is 11.0 Å². The van der Waals surface area contributed by atoms with Crippen LogP contribution in [0.15, 0.2) is 47.6 Å². The predicted octanol–water partition coefficient (Wildman–Crippen LogP) is 4.53. The van der Waals surface area contributed by atoms with Crippen molar-refractivity contribution in [2.45, 2.75) is 56.4 Å². The zero-order valence-electron chi connectivity index (χ0n) is 18.9. The Morgan fingerprint density at radius 2 is 1.70 bits per heavy atom. The lowest BCUT2D eigenvalue weighted by molar-refractivity contribution is -0.131. The highest BCUT2D eigenvalue weighted by molar-refractivity contribution is 6.15. The molecule has 5 nitrogen and oxygen atoms in total. The van der Waals surface area contributed by atoms with Crippen LogP contribution in [0.1, 0.15) is 62.0 Å². The number of carbonyl (C=O) groups is 1. The SMILES string of the molecule is O=C1N(CCCN2CCC(c3ccc(F)nc3)CC2)C(c2ccc(F)cc2)=NC12CCCC2. The smallest absolute Gasteiger partial charge is 0.256 e. The van der Waals surface area contributed by atoms with Gasteiger partial charge in [-0.3, -0.25) is 14.7 Å². The van der Waals surface area contributed by atoms with Crippen LogP contribution in [0.25, 0.3) is 0 Å². The molecule has 0 bridgehead atoms. The minimum absolute atomic E-state index is 0.113. The number of carbonyl (C=O) groups excluding carboxylic acids is 1. The maximum atomic E-state index is 13.5. The standard InChI is InChI=1S/C26H30F2N4O/c27-22-7-4-20(5-8-22)24-30-26(12-1-2-13-26)25(33)32(24)15-3-14-31-16-10-19(11-17-31)21-6-9-23(28)29-18-21/h4-9,18-19H,1-3,10-17H2. The third-order valence-corrected chi connectivity index (χ3v) is 7.42. The average Bonchev–Trinajstić information content (AvgIpc) is 3.41. The van der Waals surface area contributed by atoms with E-state index < -0.39 is 11.5 Å². The Kier molecular flexibility index (Phi) is 6.23. The summed E-state index contributed by atoms with van der Waals surface area (Å²) in [7, 11) is 0. The molecule has 0 unspecified atom stereocenters. The zero-order chi connectivity index (χ0) is 22.8. The van der Waals surface area contributed by atoms with Crippen molar-refractivity contribution in [1.29, 1.82) is 0 Å². The van der Waals surface area contributed by atoms with E-state index in [0.717, 1.165) is 75.7 Å². The van der Waals surface area contributed by atoms with Gasteiger partial charge in [-0.1, -0.05) is 18.9 Å². The van der Waals surface area contributed by atoms with Crippen LogP contribution < -0.4 is 0 Å². The van der Waals surface area contributed by atoms with E-state index in [-0.39, 0.29) is 11.7 Å². The molecule has 1 spiro atoms. The van der Waals surface area contributed by atoms with Gasteiger partial charge in [0.05, 0.1) is 0 Å². The summed E-state index contributed by atoms with van der Waals surface area (Å²) >= 11 is 0. The summed E-state index contributed by atoms with van der Waals surface area (Å²) in [4.78, 5) is 26.4. The second kappa shape index (κ2) is 9.29. The Morgan fingerprint density at radius 1 is 0.970 bits per heavy atom. The highest BCUT2D eigenvalue weighted by Gasteiger charge is 2.49. The molecule has 1 amide bonds. The number of pyridine rings is 1. The fourth-order valence-corrected chi connectivity index (χ4v) is 5.54. The summed E-state index contributed by atoms with van der Waals surface area (Å²) in [5.41, 5.74) is 1.31.